The first kappa shape index (κ1) is 16.3. The molecule has 21 heavy (non-hydrogen) atoms. The molecular weight excluding hydrogens is 266 g/mol. The van der Waals surface area contributed by atoms with Gasteiger partial charge in [0.1, 0.15) is 0 Å². The first-order chi connectivity index (χ1) is 10.1. The van der Waals surface area contributed by atoms with Crippen LogP contribution in [0.2, 0.25) is 0 Å². The van der Waals surface area contributed by atoms with Gasteiger partial charge in [0.25, 0.3) is 5.91 Å². The Bertz CT molecular complexity index is 391. The van der Waals surface area contributed by atoms with Gasteiger partial charge in [-0.2, -0.15) is 0 Å². The molecule has 1 saturated carbocycles. The van der Waals surface area contributed by atoms with Gasteiger partial charge in [0.15, 0.2) is 11.5 Å². The summed E-state index contributed by atoms with van der Waals surface area (Å²) in [5, 5.41) is 0. The standard InChI is InChI=1S/C16H29N3O2/c1-3-4-10-21-12-16(11-13-8-6-5-7-9-13)14(20)19(2)15(17)18-16/h13H,3-12H2,1-2H3,(H2,17,18). The molecule has 2 aliphatic rings. The van der Waals surface area contributed by atoms with E-state index in [2.05, 4.69) is 11.9 Å². The molecule has 0 aromatic heterocycles. The summed E-state index contributed by atoms with van der Waals surface area (Å²) < 4.78 is 5.76. The van der Waals surface area contributed by atoms with Crippen molar-refractivity contribution in [3.63, 3.8) is 0 Å². The minimum Gasteiger partial charge on any atom is -0.378 e. The van der Waals surface area contributed by atoms with Crippen molar-refractivity contribution in [1.29, 1.82) is 0 Å². The van der Waals surface area contributed by atoms with Crippen LogP contribution in [-0.4, -0.2) is 42.6 Å². The van der Waals surface area contributed by atoms with Crippen molar-refractivity contribution < 1.29 is 9.53 Å². The van der Waals surface area contributed by atoms with Crippen LogP contribution in [-0.2, 0) is 9.53 Å². The van der Waals surface area contributed by atoms with Crippen molar-refractivity contribution in [1.82, 2.24) is 4.90 Å². The Hall–Kier alpha value is -1.10. The predicted molar refractivity (Wildman–Crippen MR) is 84.0 cm³/mol. The van der Waals surface area contributed by atoms with Crippen LogP contribution >= 0.6 is 0 Å². The number of hydrogen-bond donors (Lipinski definition) is 1. The average Bonchev–Trinajstić information content (AvgIpc) is 2.70. The number of nitrogens with zero attached hydrogens (tertiary/aromatic N) is 2. The predicted octanol–water partition coefficient (Wildman–Crippen LogP) is 2.30. The minimum absolute atomic E-state index is 0.00192. The number of likely N-dealkylation sites (N-methyl/N-ethyl adjacent to an activating group) is 1. The second-order valence-electron chi connectivity index (χ2n) is 6.48. The molecule has 0 saturated heterocycles. The maximum absolute atomic E-state index is 12.6. The van der Waals surface area contributed by atoms with E-state index in [1.165, 1.54) is 37.0 Å². The number of guanidine groups is 1. The molecule has 1 aliphatic carbocycles. The molecule has 5 nitrogen and oxygen atoms in total. The number of unbranched alkanes of at least 4 members (excludes halogenated alkanes) is 1. The molecular formula is C16H29N3O2. The van der Waals surface area contributed by atoms with Crippen molar-refractivity contribution in [2.24, 2.45) is 16.6 Å². The molecule has 0 spiro atoms. The number of nitrogens with two attached hydrogens (primary N) is 1. The Labute approximate surface area is 127 Å². The van der Waals surface area contributed by atoms with Gasteiger partial charge in [0, 0.05) is 13.7 Å². The summed E-state index contributed by atoms with van der Waals surface area (Å²) in [4.78, 5) is 18.6. The normalized spacial score (nSPS) is 27.2. The van der Waals surface area contributed by atoms with Crippen LogP contribution in [0.4, 0.5) is 0 Å². The summed E-state index contributed by atoms with van der Waals surface area (Å²) >= 11 is 0. The van der Waals surface area contributed by atoms with Crippen LogP contribution in [0.5, 0.6) is 0 Å². The van der Waals surface area contributed by atoms with Crippen molar-refractivity contribution in [2.75, 3.05) is 20.3 Å². The fourth-order valence-corrected chi connectivity index (χ4v) is 3.40. The highest BCUT2D eigenvalue weighted by atomic mass is 16.5. The van der Waals surface area contributed by atoms with Crippen LogP contribution in [0.15, 0.2) is 4.99 Å². The third-order valence-corrected chi connectivity index (χ3v) is 4.71. The number of aliphatic imine (C=N–C) groups is 1. The smallest absolute Gasteiger partial charge is 0.259 e. The van der Waals surface area contributed by atoms with E-state index in [1.54, 1.807) is 7.05 Å². The van der Waals surface area contributed by atoms with E-state index in [0.29, 0.717) is 25.1 Å². The number of rotatable bonds is 7. The highest BCUT2D eigenvalue weighted by molar-refractivity contribution is 6.06. The molecule has 1 aliphatic heterocycles. The maximum atomic E-state index is 12.6. The molecule has 1 unspecified atom stereocenters. The Morgan fingerprint density at radius 3 is 2.67 bits per heavy atom. The molecule has 1 amide bonds. The zero-order valence-corrected chi connectivity index (χ0v) is 13.4. The minimum atomic E-state index is -0.769. The number of carbonyl (C=O) groups is 1. The molecule has 0 bridgehead atoms. The molecule has 0 aromatic rings. The highest BCUT2D eigenvalue weighted by Crippen LogP contribution is 2.35. The van der Waals surface area contributed by atoms with Gasteiger partial charge < -0.3 is 10.5 Å². The van der Waals surface area contributed by atoms with E-state index in [-0.39, 0.29) is 5.91 Å². The Morgan fingerprint density at radius 1 is 1.38 bits per heavy atom. The summed E-state index contributed by atoms with van der Waals surface area (Å²) in [6.07, 6.45) is 9.13. The van der Waals surface area contributed by atoms with E-state index < -0.39 is 5.54 Å². The van der Waals surface area contributed by atoms with Gasteiger partial charge in [-0.3, -0.25) is 9.69 Å². The van der Waals surface area contributed by atoms with Crippen molar-refractivity contribution in [3.05, 3.63) is 0 Å². The fourth-order valence-electron chi connectivity index (χ4n) is 3.40. The van der Waals surface area contributed by atoms with E-state index in [1.807, 2.05) is 0 Å². The van der Waals surface area contributed by atoms with Crippen LogP contribution in [0.3, 0.4) is 0 Å². The Balaban J connectivity index is 2.04. The van der Waals surface area contributed by atoms with E-state index in [0.717, 1.165) is 19.3 Å². The molecule has 5 heteroatoms. The van der Waals surface area contributed by atoms with E-state index >= 15 is 0 Å². The van der Waals surface area contributed by atoms with Crippen molar-refractivity contribution in [2.45, 2.75) is 63.8 Å². The van der Waals surface area contributed by atoms with Crippen LogP contribution in [0.25, 0.3) is 0 Å². The lowest BCUT2D eigenvalue weighted by molar-refractivity contribution is -0.133. The average molecular weight is 295 g/mol. The topological polar surface area (TPSA) is 67.9 Å². The van der Waals surface area contributed by atoms with Gasteiger partial charge in [-0.05, 0) is 18.8 Å². The first-order valence-corrected chi connectivity index (χ1v) is 8.30. The van der Waals surface area contributed by atoms with E-state index in [4.69, 9.17) is 10.5 Å². The van der Waals surface area contributed by atoms with Crippen LogP contribution in [0.1, 0.15) is 58.3 Å². The lowest BCUT2D eigenvalue weighted by Gasteiger charge is -2.31. The molecule has 2 N–H and O–H groups in total. The quantitative estimate of drug-likeness (QED) is 0.733. The van der Waals surface area contributed by atoms with Gasteiger partial charge >= 0.3 is 0 Å². The highest BCUT2D eigenvalue weighted by Gasteiger charge is 2.47. The molecule has 1 heterocycles. The van der Waals surface area contributed by atoms with Crippen molar-refractivity contribution >= 4 is 11.9 Å². The molecule has 120 valence electrons. The summed E-state index contributed by atoms with van der Waals surface area (Å²) in [7, 11) is 1.70. The lowest BCUT2D eigenvalue weighted by atomic mass is 9.79. The second-order valence-corrected chi connectivity index (χ2v) is 6.48. The van der Waals surface area contributed by atoms with Gasteiger partial charge in [-0.15, -0.1) is 0 Å². The number of ether oxygens (including phenoxy) is 1. The molecule has 2 rings (SSSR count). The molecule has 1 atom stereocenters. The first-order valence-electron chi connectivity index (χ1n) is 8.30. The number of hydrogen-bond acceptors (Lipinski definition) is 4. The van der Waals surface area contributed by atoms with Gasteiger partial charge in [-0.1, -0.05) is 45.4 Å². The fraction of sp³-hybridized carbons (Fsp3) is 0.875. The molecule has 1 fully saturated rings. The zero-order valence-electron chi connectivity index (χ0n) is 13.4. The monoisotopic (exact) mass is 295 g/mol. The third kappa shape index (κ3) is 3.76. The van der Waals surface area contributed by atoms with Crippen molar-refractivity contribution in [3.8, 4) is 0 Å². The Morgan fingerprint density at radius 2 is 2.10 bits per heavy atom. The summed E-state index contributed by atoms with van der Waals surface area (Å²) in [5.41, 5.74) is 5.11. The van der Waals surface area contributed by atoms with Gasteiger partial charge in [-0.25, -0.2) is 4.99 Å². The summed E-state index contributed by atoms with van der Waals surface area (Å²) in [6.45, 7) is 3.19. The largest absolute Gasteiger partial charge is 0.378 e. The van der Waals surface area contributed by atoms with Crippen LogP contribution < -0.4 is 5.73 Å². The second kappa shape index (κ2) is 7.25. The van der Waals surface area contributed by atoms with Gasteiger partial charge in [0.05, 0.1) is 6.61 Å². The number of carbonyl (C=O) groups excluding carboxylic acids is 1. The number of amides is 1. The third-order valence-electron chi connectivity index (χ3n) is 4.71. The summed E-state index contributed by atoms with van der Waals surface area (Å²) in [5.74, 6) is 0.900. The van der Waals surface area contributed by atoms with Crippen LogP contribution in [0, 0.1) is 5.92 Å². The molecule has 0 radical (unpaired) electrons. The van der Waals surface area contributed by atoms with Gasteiger partial charge in [0.2, 0.25) is 0 Å². The van der Waals surface area contributed by atoms with E-state index in [9.17, 15) is 4.79 Å². The molecule has 0 aromatic carbocycles. The maximum Gasteiger partial charge on any atom is 0.259 e. The zero-order chi connectivity index (χ0) is 15.3. The Kier molecular flexibility index (Phi) is 5.62. The SMILES string of the molecule is CCCCOCC1(CC2CCCCC2)N=C(N)N(C)C1=O. The lowest BCUT2D eigenvalue weighted by Crippen LogP contribution is -2.46. The summed E-state index contributed by atoms with van der Waals surface area (Å²) in [6, 6.07) is 0.